The van der Waals surface area contributed by atoms with Crippen LogP contribution in [0.25, 0.3) is 21.8 Å². The van der Waals surface area contributed by atoms with Crippen molar-refractivity contribution in [1.82, 2.24) is 4.98 Å². The molecule has 2 nitrogen and oxygen atoms in total. The van der Waals surface area contributed by atoms with E-state index in [0.29, 0.717) is 11.7 Å². The van der Waals surface area contributed by atoms with Gasteiger partial charge in [-0.15, -0.1) is 11.3 Å². The van der Waals surface area contributed by atoms with Crippen LogP contribution in [0.3, 0.4) is 0 Å². The molecule has 1 aliphatic carbocycles. The second-order valence-corrected chi connectivity index (χ2v) is 6.61. The summed E-state index contributed by atoms with van der Waals surface area (Å²) in [5, 5.41) is 10.4. The highest BCUT2D eigenvalue weighted by Crippen LogP contribution is 2.43. The number of fused-ring (bicyclic) bond motifs is 3. The molecule has 4 rings (SSSR count). The monoisotopic (exact) mass is 293 g/mol. The second kappa shape index (κ2) is 4.71. The number of nitrogens with zero attached hydrogens (tertiary/aromatic N) is 1. The number of thiazole rings is 1. The molecule has 0 saturated heterocycles. The van der Waals surface area contributed by atoms with Crippen molar-refractivity contribution < 1.29 is 5.11 Å². The van der Waals surface area contributed by atoms with Crippen LogP contribution in [0.4, 0.5) is 0 Å². The summed E-state index contributed by atoms with van der Waals surface area (Å²) in [6.45, 7) is 2.28. The van der Waals surface area contributed by atoms with Crippen molar-refractivity contribution in [2.45, 2.75) is 19.3 Å². The minimum Gasteiger partial charge on any atom is -0.508 e. The maximum absolute atomic E-state index is 9.41. The molecule has 21 heavy (non-hydrogen) atoms. The quantitative estimate of drug-likeness (QED) is 0.696. The Labute approximate surface area is 127 Å². The van der Waals surface area contributed by atoms with Gasteiger partial charge in [0.15, 0.2) is 0 Å². The predicted molar refractivity (Wildman–Crippen MR) is 86.8 cm³/mol. The third-order valence-corrected chi connectivity index (χ3v) is 5.18. The molecule has 0 radical (unpaired) electrons. The number of hydrogen-bond donors (Lipinski definition) is 1. The first-order valence-electron chi connectivity index (χ1n) is 7.11. The summed E-state index contributed by atoms with van der Waals surface area (Å²) in [6, 6.07) is 15.9. The van der Waals surface area contributed by atoms with E-state index in [1.54, 1.807) is 23.5 Å². The van der Waals surface area contributed by atoms with E-state index >= 15 is 0 Å². The van der Waals surface area contributed by atoms with Gasteiger partial charge in [-0.2, -0.15) is 0 Å². The SMILES string of the molecule is CC1Cc2sc(-c3ccc(O)cc3)nc2-c2ccccc21. The van der Waals surface area contributed by atoms with E-state index in [1.807, 2.05) is 12.1 Å². The van der Waals surface area contributed by atoms with Crippen molar-refractivity contribution in [1.29, 1.82) is 0 Å². The molecule has 0 amide bonds. The molecule has 104 valence electrons. The number of phenols is 1. The van der Waals surface area contributed by atoms with Gasteiger partial charge < -0.3 is 5.11 Å². The molecule has 2 aromatic carbocycles. The third kappa shape index (κ3) is 2.05. The minimum atomic E-state index is 0.291. The van der Waals surface area contributed by atoms with E-state index in [9.17, 15) is 5.11 Å². The van der Waals surface area contributed by atoms with Crippen molar-refractivity contribution in [2.24, 2.45) is 0 Å². The number of hydrogen-bond acceptors (Lipinski definition) is 3. The molecular formula is C18H15NOS. The maximum atomic E-state index is 9.41. The van der Waals surface area contributed by atoms with Crippen LogP contribution in [-0.4, -0.2) is 10.1 Å². The summed E-state index contributed by atoms with van der Waals surface area (Å²) in [6.07, 6.45) is 1.06. The Bertz CT molecular complexity index is 804. The molecule has 1 N–H and O–H groups in total. The van der Waals surface area contributed by atoms with Crippen LogP contribution in [0.15, 0.2) is 48.5 Å². The highest BCUT2D eigenvalue weighted by molar-refractivity contribution is 7.15. The van der Waals surface area contributed by atoms with Gasteiger partial charge in [0, 0.05) is 16.0 Å². The highest BCUT2D eigenvalue weighted by atomic mass is 32.1. The molecule has 1 heterocycles. The van der Waals surface area contributed by atoms with Crippen LogP contribution < -0.4 is 0 Å². The lowest BCUT2D eigenvalue weighted by atomic mass is 9.86. The summed E-state index contributed by atoms with van der Waals surface area (Å²) in [7, 11) is 0. The molecule has 3 aromatic rings. The van der Waals surface area contributed by atoms with E-state index in [4.69, 9.17) is 4.98 Å². The fourth-order valence-corrected chi connectivity index (χ4v) is 4.17. The lowest BCUT2D eigenvalue weighted by Gasteiger charge is -2.21. The number of aromatic nitrogens is 1. The lowest BCUT2D eigenvalue weighted by molar-refractivity contribution is 0.475. The summed E-state index contributed by atoms with van der Waals surface area (Å²) >= 11 is 1.77. The first-order chi connectivity index (χ1) is 10.2. The molecule has 3 heteroatoms. The topological polar surface area (TPSA) is 33.1 Å². The Morgan fingerprint density at radius 3 is 2.67 bits per heavy atom. The molecule has 0 spiro atoms. The van der Waals surface area contributed by atoms with Gasteiger partial charge in [-0.3, -0.25) is 0 Å². The minimum absolute atomic E-state index is 0.291. The largest absolute Gasteiger partial charge is 0.508 e. The van der Waals surface area contributed by atoms with Gasteiger partial charge in [-0.05, 0) is 42.2 Å². The molecule has 1 aliphatic rings. The van der Waals surface area contributed by atoms with Gasteiger partial charge in [0.2, 0.25) is 0 Å². The standard InChI is InChI=1S/C18H15NOS/c1-11-10-16-17(15-5-3-2-4-14(11)15)19-18(21-16)12-6-8-13(20)9-7-12/h2-9,11,20H,10H2,1H3. The van der Waals surface area contributed by atoms with Gasteiger partial charge in [0.1, 0.15) is 10.8 Å². The fourth-order valence-electron chi connectivity index (χ4n) is 2.96. The fraction of sp³-hybridized carbons (Fsp3) is 0.167. The molecule has 1 unspecified atom stereocenters. The van der Waals surface area contributed by atoms with Crippen LogP contribution in [-0.2, 0) is 6.42 Å². The number of benzene rings is 2. The summed E-state index contributed by atoms with van der Waals surface area (Å²) < 4.78 is 0. The zero-order valence-electron chi connectivity index (χ0n) is 11.7. The average molecular weight is 293 g/mol. The van der Waals surface area contributed by atoms with Crippen molar-refractivity contribution in [3.8, 4) is 27.6 Å². The van der Waals surface area contributed by atoms with Gasteiger partial charge in [0.25, 0.3) is 0 Å². The van der Waals surface area contributed by atoms with Gasteiger partial charge >= 0.3 is 0 Å². The highest BCUT2D eigenvalue weighted by Gasteiger charge is 2.25. The molecule has 0 aliphatic heterocycles. The van der Waals surface area contributed by atoms with Crippen molar-refractivity contribution in [3.63, 3.8) is 0 Å². The predicted octanol–water partition coefficient (Wildman–Crippen LogP) is 4.84. The van der Waals surface area contributed by atoms with Crippen LogP contribution in [0, 0.1) is 0 Å². The third-order valence-electron chi connectivity index (χ3n) is 4.05. The molecule has 1 atom stereocenters. The smallest absolute Gasteiger partial charge is 0.124 e. The zero-order valence-corrected chi connectivity index (χ0v) is 12.5. The molecule has 0 bridgehead atoms. The number of rotatable bonds is 1. The second-order valence-electron chi connectivity index (χ2n) is 5.53. The Kier molecular flexibility index (Phi) is 2.82. The summed E-state index contributed by atoms with van der Waals surface area (Å²) in [4.78, 5) is 6.23. The number of aromatic hydroxyl groups is 1. The lowest BCUT2D eigenvalue weighted by Crippen LogP contribution is -2.06. The van der Waals surface area contributed by atoms with E-state index in [0.717, 1.165) is 22.7 Å². The Balaban J connectivity index is 1.86. The first-order valence-corrected chi connectivity index (χ1v) is 7.92. The Morgan fingerprint density at radius 1 is 1.10 bits per heavy atom. The van der Waals surface area contributed by atoms with E-state index in [-0.39, 0.29) is 0 Å². The van der Waals surface area contributed by atoms with Gasteiger partial charge in [-0.25, -0.2) is 4.98 Å². The Hall–Kier alpha value is -2.13. The summed E-state index contributed by atoms with van der Waals surface area (Å²) in [5.41, 5.74) is 4.87. The molecule has 0 fully saturated rings. The molecular weight excluding hydrogens is 278 g/mol. The van der Waals surface area contributed by atoms with E-state index in [1.165, 1.54) is 16.0 Å². The van der Waals surface area contributed by atoms with E-state index < -0.39 is 0 Å². The van der Waals surface area contributed by atoms with Gasteiger partial charge in [-0.1, -0.05) is 31.2 Å². The van der Waals surface area contributed by atoms with Crippen LogP contribution in [0.1, 0.15) is 23.3 Å². The average Bonchev–Trinajstić information content (AvgIpc) is 2.92. The van der Waals surface area contributed by atoms with Crippen molar-refractivity contribution >= 4 is 11.3 Å². The van der Waals surface area contributed by atoms with Crippen molar-refractivity contribution in [3.05, 3.63) is 59.0 Å². The Morgan fingerprint density at radius 2 is 1.86 bits per heavy atom. The summed E-state index contributed by atoms with van der Waals surface area (Å²) in [5.74, 6) is 0.834. The van der Waals surface area contributed by atoms with Crippen LogP contribution in [0.2, 0.25) is 0 Å². The molecule has 0 saturated carbocycles. The van der Waals surface area contributed by atoms with E-state index in [2.05, 4.69) is 31.2 Å². The zero-order chi connectivity index (χ0) is 14.4. The van der Waals surface area contributed by atoms with Gasteiger partial charge in [0.05, 0.1) is 5.69 Å². The number of phenolic OH excluding ortho intramolecular Hbond substituents is 1. The van der Waals surface area contributed by atoms with Crippen molar-refractivity contribution in [2.75, 3.05) is 0 Å². The first kappa shape index (κ1) is 12.6. The van der Waals surface area contributed by atoms with Crippen LogP contribution in [0.5, 0.6) is 5.75 Å². The maximum Gasteiger partial charge on any atom is 0.124 e. The van der Waals surface area contributed by atoms with Crippen LogP contribution >= 0.6 is 11.3 Å². The normalized spacial score (nSPS) is 16.3. The molecule has 1 aromatic heterocycles.